The smallest absolute Gasteiger partial charge is 0.345 e. The molecule has 0 spiro atoms. The van der Waals surface area contributed by atoms with E-state index in [4.69, 9.17) is 23.7 Å². The molecule has 8 nitrogen and oxygen atoms in total. The van der Waals surface area contributed by atoms with Crippen molar-refractivity contribution < 1.29 is 33.3 Å². The van der Waals surface area contributed by atoms with E-state index >= 15 is 0 Å². The predicted octanol–water partition coefficient (Wildman–Crippen LogP) is 3.36. The molecule has 0 aliphatic heterocycles. The van der Waals surface area contributed by atoms with Crippen molar-refractivity contribution in [3.05, 3.63) is 75.7 Å². The van der Waals surface area contributed by atoms with Crippen LogP contribution >= 0.6 is 0 Å². The molecule has 0 atom stereocenters. The number of esters is 1. The van der Waals surface area contributed by atoms with Gasteiger partial charge in [-0.25, -0.2) is 9.59 Å². The summed E-state index contributed by atoms with van der Waals surface area (Å²) in [6.07, 6.45) is 0. The molecule has 1 heterocycles. The van der Waals surface area contributed by atoms with Crippen LogP contribution in [0.4, 0.5) is 0 Å². The Morgan fingerprint density at radius 3 is 2.17 bits per heavy atom. The highest BCUT2D eigenvalue weighted by Gasteiger charge is 2.25. The molecule has 0 saturated heterocycles. The first-order chi connectivity index (χ1) is 14.3. The first-order valence-electron chi connectivity index (χ1n) is 8.66. The summed E-state index contributed by atoms with van der Waals surface area (Å²) in [7, 11) is 3.88. The highest BCUT2D eigenvalue weighted by Crippen LogP contribution is 2.37. The van der Waals surface area contributed by atoms with E-state index in [1.165, 1.54) is 45.6 Å². The van der Waals surface area contributed by atoms with E-state index in [0.29, 0.717) is 11.1 Å². The minimum Gasteiger partial charge on any atom is -0.496 e. The van der Waals surface area contributed by atoms with Crippen molar-refractivity contribution in [3.63, 3.8) is 0 Å². The zero-order chi connectivity index (χ0) is 22.0. The Morgan fingerprint density at radius 1 is 1.00 bits per heavy atom. The van der Waals surface area contributed by atoms with Crippen LogP contribution < -0.4 is 14.9 Å². The third-order valence-electron chi connectivity index (χ3n) is 4.53. The fourth-order valence-electron chi connectivity index (χ4n) is 3.03. The molecule has 8 heteroatoms. The van der Waals surface area contributed by atoms with Crippen LogP contribution in [0.25, 0.3) is 16.5 Å². The number of rotatable bonds is 6. The lowest BCUT2D eigenvalue weighted by Crippen LogP contribution is -2.11. The quantitative estimate of drug-likeness (QED) is 0.616. The minimum absolute atomic E-state index is 0.0204. The summed E-state index contributed by atoms with van der Waals surface area (Å²) >= 11 is 0. The summed E-state index contributed by atoms with van der Waals surface area (Å²) in [6, 6.07) is 8.62. The van der Waals surface area contributed by atoms with E-state index in [2.05, 4.69) is 6.58 Å². The molecule has 1 aromatic heterocycles. The minimum atomic E-state index is -1.05. The second-order valence-electron chi connectivity index (χ2n) is 6.19. The molecule has 3 aromatic rings. The van der Waals surface area contributed by atoms with Gasteiger partial charge in [-0.2, -0.15) is 0 Å². The fourth-order valence-corrected chi connectivity index (χ4v) is 3.03. The molecule has 0 aliphatic rings. The molecule has 0 fully saturated rings. The van der Waals surface area contributed by atoms with Crippen LogP contribution in [-0.2, 0) is 4.74 Å². The molecule has 0 bridgehead atoms. The van der Waals surface area contributed by atoms with Crippen molar-refractivity contribution in [2.75, 3.05) is 21.3 Å². The second kappa shape index (κ2) is 8.12. The SMILES string of the molecule is C=C(c1ccc(C(=O)O)cc1)c1cc(=O)c2c(OC)c(C(=O)OC)c(OC)cc2o1. The van der Waals surface area contributed by atoms with Crippen molar-refractivity contribution >= 4 is 28.5 Å². The molecule has 0 aliphatic carbocycles. The molecule has 0 saturated carbocycles. The number of ether oxygens (including phenoxy) is 3. The van der Waals surface area contributed by atoms with Gasteiger partial charge in [-0.05, 0) is 17.7 Å². The fraction of sp³-hybridized carbons (Fsp3) is 0.136. The van der Waals surface area contributed by atoms with Crippen LogP contribution in [0.5, 0.6) is 11.5 Å². The van der Waals surface area contributed by atoms with Gasteiger partial charge in [0, 0.05) is 17.7 Å². The molecule has 2 aromatic carbocycles. The summed E-state index contributed by atoms with van der Waals surface area (Å²) in [6.45, 7) is 3.95. The number of carbonyl (C=O) groups is 2. The van der Waals surface area contributed by atoms with Gasteiger partial charge < -0.3 is 23.7 Å². The molecule has 1 N–H and O–H groups in total. The Labute approximate surface area is 170 Å². The second-order valence-corrected chi connectivity index (χ2v) is 6.19. The summed E-state index contributed by atoms with van der Waals surface area (Å²) < 4.78 is 21.2. The van der Waals surface area contributed by atoms with Gasteiger partial charge >= 0.3 is 11.9 Å². The van der Waals surface area contributed by atoms with Crippen molar-refractivity contribution in [2.45, 2.75) is 0 Å². The van der Waals surface area contributed by atoms with Crippen LogP contribution in [0.15, 0.2) is 52.2 Å². The third-order valence-corrected chi connectivity index (χ3v) is 4.53. The monoisotopic (exact) mass is 410 g/mol. The van der Waals surface area contributed by atoms with E-state index in [-0.39, 0.29) is 39.4 Å². The molecule has 0 radical (unpaired) electrons. The predicted molar refractivity (Wildman–Crippen MR) is 108 cm³/mol. The first kappa shape index (κ1) is 20.7. The number of carbonyl (C=O) groups excluding carboxylic acids is 1. The average Bonchev–Trinajstić information content (AvgIpc) is 2.76. The van der Waals surface area contributed by atoms with E-state index in [0.717, 1.165) is 0 Å². The van der Waals surface area contributed by atoms with Crippen molar-refractivity contribution in [3.8, 4) is 11.5 Å². The summed E-state index contributed by atoms with van der Waals surface area (Å²) in [5, 5.41) is 9.08. The zero-order valence-electron chi connectivity index (χ0n) is 16.5. The number of fused-ring (bicyclic) bond motifs is 1. The Hall–Kier alpha value is -4.07. The van der Waals surface area contributed by atoms with Gasteiger partial charge in [0.15, 0.2) is 11.2 Å². The summed E-state index contributed by atoms with van der Waals surface area (Å²) in [4.78, 5) is 36.1. The highest BCUT2D eigenvalue weighted by atomic mass is 16.5. The topological polar surface area (TPSA) is 112 Å². The van der Waals surface area contributed by atoms with Crippen LogP contribution in [0.1, 0.15) is 32.0 Å². The van der Waals surface area contributed by atoms with Crippen molar-refractivity contribution in [2.24, 2.45) is 0 Å². The lowest BCUT2D eigenvalue weighted by Gasteiger charge is -2.14. The molecular weight excluding hydrogens is 392 g/mol. The van der Waals surface area contributed by atoms with Gasteiger partial charge in [0.2, 0.25) is 0 Å². The molecule has 30 heavy (non-hydrogen) atoms. The van der Waals surface area contributed by atoms with Gasteiger partial charge in [0.1, 0.15) is 28.0 Å². The standard InChI is InChI=1S/C22H18O8/c1-11(12-5-7-13(8-6-12)21(24)25)15-9-14(23)18-17(30-15)10-16(27-2)19(20(18)28-3)22(26)29-4/h5-10H,1H2,2-4H3,(H,24,25). The van der Waals surface area contributed by atoms with E-state index in [1.54, 1.807) is 12.1 Å². The van der Waals surface area contributed by atoms with E-state index < -0.39 is 17.4 Å². The molecule has 154 valence electrons. The Balaban J connectivity index is 2.20. The van der Waals surface area contributed by atoms with Crippen molar-refractivity contribution in [1.82, 2.24) is 0 Å². The van der Waals surface area contributed by atoms with Gasteiger partial charge in [-0.1, -0.05) is 18.7 Å². The maximum absolute atomic E-state index is 12.9. The zero-order valence-corrected chi connectivity index (χ0v) is 16.5. The van der Waals surface area contributed by atoms with E-state index in [1.807, 2.05) is 0 Å². The van der Waals surface area contributed by atoms with Crippen LogP contribution in [0.3, 0.4) is 0 Å². The third kappa shape index (κ3) is 3.50. The van der Waals surface area contributed by atoms with Gasteiger partial charge in [0.05, 0.1) is 26.9 Å². The van der Waals surface area contributed by atoms with Gasteiger partial charge in [-0.15, -0.1) is 0 Å². The van der Waals surface area contributed by atoms with Crippen LogP contribution in [0.2, 0.25) is 0 Å². The molecular formula is C22H18O8. The highest BCUT2D eigenvalue weighted by molar-refractivity contribution is 6.03. The van der Waals surface area contributed by atoms with Crippen LogP contribution in [0, 0.1) is 0 Å². The maximum Gasteiger partial charge on any atom is 0.345 e. The number of aromatic carboxylic acids is 1. The number of carboxylic acids is 1. The molecule has 3 rings (SSSR count). The summed E-state index contributed by atoms with van der Waals surface area (Å²) in [5.74, 6) is -1.51. The Bertz CT molecular complexity index is 1220. The van der Waals surface area contributed by atoms with E-state index in [9.17, 15) is 14.4 Å². The largest absolute Gasteiger partial charge is 0.496 e. The van der Waals surface area contributed by atoms with Gasteiger partial charge in [0.25, 0.3) is 0 Å². The molecule has 0 amide bonds. The first-order valence-corrected chi connectivity index (χ1v) is 8.66. The number of hydrogen-bond acceptors (Lipinski definition) is 7. The Kier molecular flexibility index (Phi) is 5.59. The number of hydrogen-bond donors (Lipinski definition) is 1. The maximum atomic E-state index is 12.9. The average molecular weight is 410 g/mol. The lowest BCUT2D eigenvalue weighted by atomic mass is 10.0. The van der Waals surface area contributed by atoms with Crippen molar-refractivity contribution in [1.29, 1.82) is 0 Å². The number of carboxylic acid groups (broad SMARTS) is 1. The van der Waals surface area contributed by atoms with Gasteiger partial charge in [-0.3, -0.25) is 4.79 Å². The molecule has 0 unspecified atom stereocenters. The Morgan fingerprint density at radius 2 is 1.63 bits per heavy atom. The normalized spacial score (nSPS) is 10.5. The number of benzene rings is 2. The number of methoxy groups -OCH3 is 3. The lowest BCUT2D eigenvalue weighted by molar-refractivity contribution is 0.0592. The summed E-state index contributed by atoms with van der Waals surface area (Å²) in [5.41, 5.74) is 0.712. The van der Waals surface area contributed by atoms with Crippen LogP contribution in [-0.4, -0.2) is 38.4 Å².